The van der Waals surface area contributed by atoms with Gasteiger partial charge in [0.1, 0.15) is 5.75 Å². The highest BCUT2D eigenvalue weighted by atomic mass is 16.5. The monoisotopic (exact) mass is 338 g/mol. The van der Waals surface area contributed by atoms with Crippen molar-refractivity contribution in [3.8, 4) is 5.75 Å². The highest BCUT2D eigenvalue weighted by Gasteiger charge is 2.15. The summed E-state index contributed by atoms with van der Waals surface area (Å²) in [6.07, 6.45) is 2.07. The maximum absolute atomic E-state index is 12.5. The minimum absolute atomic E-state index is 0.0368. The Kier molecular flexibility index (Phi) is 5.71. The van der Waals surface area contributed by atoms with Crippen LogP contribution in [0.3, 0.4) is 0 Å². The summed E-state index contributed by atoms with van der Waals surface area (Å²) < 4.78 is 5.34. The Morgan fingerprint density at radius 2 is 1.88 bits per heavy atom. The number of fused-ring (bicyclic) bond motifs is 1. The average molecular weight is 338 g/mol. The molecule has 132 valence electrons. The summed E-state index contributed by atoms with van der Waals surface area (Å²) in [7, 11) is 1.65. The minimum atomic E-state index is -0.0368. The van der Waals surface area contributed by atoms with E-state index in [4.69, 9.17) is 4.74 Å². The van der Waals surface area contributed by atoms with Gasteiger partial charge >= 0.3 is 0 Å². The van der Waals surface area contributed by atoms with E-state index in [1.165, 1.54) is 11.1 Å². The molecule has 0 radical (unpaired) electrons. The van der Waals surface area contributed by atoms with E-state index in [1.54, 1.807) is 7.11 Å². The first kappa shape index (κ1) is 17.5. The number of carbonyl (C=O) groups excluding carboxylic acids is 1. The molecule has 1 aliphatic rings. The van der Waals surface area contributed by atoms with Gasteiger partial charge in [-0.15, -0.1) is 0 Å². The third-order valence-corrected chi connectivity index (χ3v) is 4.94. The predicted octanol–water partition coefficient (Wildman–Crippen LogP) is 3.05. The second-order valence-electron chi connectivity index (χ2n) is 6.41. The topological polar surface area (TPSA) is 41.6 Å². The summed E-state index contributed by atoms with van der Waals surface area (Å²) in [5, 5.41) is 3.00. The van der Waals surface area contributed by atoms with Gasteiger partial charge in [-0.1, -0.05) is 31.2 Å². The molecule has 1 N–H and O–H groups in total. The molecule has 0 fully saturated rings. The number of nitrogens with zero attached hydrogens (tertiary/aromatic N) is 1. The maximum Gasteiger partial charge on any atom is 0.251 e. The van der Waals surface area contributed by atoms with Gasteiger partial charge in [0, 0.05) is 30.8 Å². The van der Waals surface area contributed by atoms with Gasteiger partial charge in [-0.25, -0.2) is 0 Å². The van der Waals surface area contributed by atoms with Crippen LogP contribution in [0.15, 0.2) is 42.5 Å². The molecule has 0 bridgehead atoms. The summed E-state index contributed by atoms with van der Waals surface area (Å²) in [6, 6.07) is 13.9. The molecule has 1 amide bonds. The van der Waals surface area contributed by atoms with E-state index in [2.05, 4.69) is 29.3 Å². The van der Waals surface area contributed by atoms with Gasteiger partial charge in [0.2, 0.25) is 0 Å². The van der Waals surface area contributed by atoms with E-state index < -0.39 is 0 Å². The lowest BCUT2D eigenvalue weighted by Gasteiger charge is -2.16. The van der Waals surface area contributed by atoms with Crippen LogP contribution in [0.2, 0.25) is 0 Å². The summed E-state index contributed by atoms with van der Waals surface area (Å²) in [5.41, 5.74) is 4.39. The van der Waals surface area contributed by atoms with E-state index in [-0.39, 0.29) is 5.91 Å². The number of benzene rings is 2. The van der Waals surface area contributed by atoms with Crippen molar-refractivity contribution in [2.45, 2.75) is 26.3 Å². The standard InChI is InChI=1S/C21H26N2O2/c1-3-23-12-10-16-8-9-18(14-17(16)11-13-23)21(24)22-15-19-6-4-5-7-20(19)25-2/h4-9,14H,3,10-13,15H2,1-2H3,(H,22,24). The highest BCUT2D eigenvalue weighted by Crippen LogP contribution is 2.19. The third-order valence-electron chi connectivity index (χ3n) is 4.94. The zero-order valence-electron chi connectivity index (χ0n) is 15.0. The lowest BCUT2D eigenvalue weighted by molar-refractivity contribution is 0.0950. The van der Waals surface area contributed by atoms with Crippen molar-refractivity contribution in [3.63, 3.8) is 0 Å². The Morgan fingerprint density at radius 3 is 2.64 bits per heavy atom. The normalized spacial score (nSPS) is 14.5. The van der Waals surface area contributed by atoms with E-state index in [0.717, 1.165) is 49.4 Å². The van der Waals surface area contributed by atoms with Crippen LogP contribution in [0.25, 0.3) is 0 Å². The molecule has 0 saturated heterocycles. The first-order valence-corrected chi connectivity index (χ1v) is 8.95. The summed E-state index contributed by atoms with van der Waals surface area (Å²) in [4.78, 5) is 15.0. The third kappa shape index (κ3) is 4.20. The van der Waals surface area contributed by atoms with Crippen LogP contribution in [-0.4, -0.2) is 37.6 Å². The lowest BCUT2D eigenvalue weighted by atomic mass is 10.00. The number of carbonyl (C=O) groups is 1. The molecular formula is C21H26N2O2. The largest absolute Gasteiger partial charge is 0.496 e. The quantitative estimate of drug-likeness (QED) is 0.911. The van der Waals surface area contributed by atoms with Gasteiger partial charge in [-0.2, -0.15) is 0 Å². The molecule has 0 aliphatic carbocycles. The van der Waals surface area contributed by atoms with E-state index in [9.17, 15) is 4.79 Å². The van der Waals surface area contributed by atoms with Gasteiger partial charge in [0.05, 0.1) is 7.11 Å². The van der Waals surface area contributed by atoms with Gasteiger partial charge in [-0.3, -0.25) is 4.79 Å². The number of para-hydroxylation sites is 1. The first-order chi connectivity index (χ1) is 12.2. The Hall–Kier alpha value is -2.33. The van der Waals surface area contributed by atoms with Crippen molar-refractivity contribution in [2.75, 3.05) is 26.7 Å². The second-order valence-corrected chi connectivity index (χ2v) is 6.41. The lowest BCUT2D eigenvalue weighted by Crippen LogP contribution is -2.25. The van der Waals surface area contributed by atoms with Gasteiger partial charge < -0.3 is 15.0 Å². The van der Waals surface area contributed by atoms with Crippen molar-refractivity contribution in [2.24, 2.45) is 0 Å². The molecule has 3 rings (SSSR count). The predicted molar refractivity (Wildman–Crippen MR) is 100 cm³/mol. The molecule has 2 aromatic carbocycles. The molecular weight excluding hydrogens is 312 g/mol. The smallest absolute Gasteiger partial charge is 0.251 e. The SMILES string of the molecule is CCN1CCc2ccc(C(=O)NCc3ccccc3OC)cc2CC1. The Bertz CT molecular complexity index is 742. The van der Waals surface area contributed by atoms with Gasteiger partial charge in [0.15, 0.2) is 0 Å². The van der Waals surface area contributed by atoms with Gasteiger partial charge in [0.25, 0.3) is 5.91 Å². The zero-order valence-corrected chi connectivity index (χ0v) is 15.0. The number of rotatable bonds is 5. The van der Waals surface area contributed by atoms with E-state index in [1.807, 2.05) is 30.3 Å². The number of likely N-dealkylation sites (N-methyl/N-ethyl adjacent to an activating group) is 1. The fourth-order valence-corrected chi connectivity index (χ4v) is 3.36. The van der Waals surface area contributed by atoms with Crippen LogP contribution >= 0.6 is 0 Å². The molecule has 4 nitrogen and oxygen atoms in total. The summed E-state index contributed by atoms with van der Waals surface area (Å²) >= 11 is 0. The second kappa shape index (κ2) is 8.17. The van der Waals surface area contributed by atoms with E-state index >= 15 is 0 Å². The fourth-order valence-electron chi connectivity index (χ4n) is 3.36. The molecule has 1 aliphatic heterocycles. The van der Waals surface area contributed by atoms with Crippen LogP contribution in [0.4, 0.5) is 0 Å². The molecule has 0 spiro atoms. The average Bonchev–Trinajstić information content (AvgIpc) is 2.87. The molecule has 0 unspecified atom stereocenters. The van der Waals surface area contributed by atoms with Crippen LogP contribution in [0.5, 0.6) is 5.75 Å². The Morgan fingerprint density at radius 1 is 1.12 bits per heavy atom. The number of nitrogens with one attached hydrogen (secondary N) is 1. The zero-order chi connectivity index (χ0) is 17.6. The number of hydrogen-bond donors (Lipinski definition) is 1. The minimum Gasteiger partial charge on any atom is -0.496 e. The summed E-state index contributed by atoms with van der Waals surface area (Å²) in [5.74, 6) is 0.759. The summed E-state index contributed by atoms with van der Waals surface area (Å²) in [6.45, 7) is 5.91. The molecule has 0 atom stereocenters. The van der Waals surface area contributed by atoms with Crippen molar-refractivity contribution in [1.29, 1.82) is 0 Å². The van der Waals surface area contributed by atoms with Crippen molar-refractivity contribution in [3.05, 3.63) is 64.7 Å². The molecule has 4 heteroatoms. The van der Waals surface area contributed by atoms with Gasteiger partial charge in [-0.05, 0) is 48.7 Å². The Balaban J connectivity index is 1.68. The molecule has 0 aromatic heterocycles. The highest BCUT2D eigenvalue weighted by molar-refractivity contribution is 5.94. The van der Waals surface area contributed by atoms with Crippen LogP contribution in [-0.2, 0) is 19.4 Å². The number of ether oxygens (including phenoxy) is 1. The molecule has 1 heterocycles. The molecule has 0 saturated carbocycles. The number of hydrogen-bond acceptors (Lipinski definition) is 3. The van der Waals surface area contributed by atoms with Crippen molar-refractivity contribution < 1.29 is 9.53 Å². The maximum atomic E-state index is 12.5. The number of amides is 1. The number of methoxy groups -OCH3 is 1. The molecule has 25 heavy (non-hydrogen) atoms. The van der Waals surface area contributed by atoms with Crippen LogP contribution in [0, 0.1) is 0 Å². The van der Waals surface area contributed by atoms with Crippen molar-refractivity contribution >= 4 is 5.91 Å². The van der Waals surface area contributed by atoms with E-state index in [0.29, 0.717) is 6.54 Å². The first-order valence-electron chi connectivity index (χ1n) is 8.95. The molecule has 2 aromatic rings. The van der Waals surface area contributed by atoms with Crippen molar-refractivity contribution in [1.82, 2.24) is 10.2 Å². The Labute approximate surface area is 149 Å². The fraction of sp³-hybridized carbons (Fsp3) is 0.381. The van der Waals surface area contributed by atoms with Crippen LogP contribution < -0.4 is 10.1 Å². The van der Waals surface area contributed by atoms with Crippen LogP contribution in [0.1, 0.15) is 34.0 Å².